The van der Waals surface area contributed by atoms with E-state index in [1.807, 2.05) is 39.0 Å². The van der Waals surface area contributed by atoms with E-state index in [0.29, 0.717) is 0 Å². The summed E-state index contributed by atoms with van der Waals surface area (Å²) in [6, 6.07) is 9.18. The SMILES string of the molecule is Cc1ccc(-c2cc(O)c(C)cc2C)c(O)c1. The summed E-state index contributed by atoms with van der Waals surface area (Å²) >= 11 is 0. The monoisotopic (exact) mass is 228 g/mol. The van der Waals surface area contributed by atoms with Gasteiger partial charge >= 0.3 is 0 Å². The Morgan fingerprint density at radius 3 is 2.06 bits per heavy atom. The van der Waals surface area contributed by atoms with Gasteiger partial charge in [0.2, 0.25) is 0 Å². The first-order chi connectivity index (χ1) is 7.99. The van der Waals surface area contributed by atoms with Gasteiger partial charge in [0.05, 0.1) is 0 Å². The summed E-state index contributed by atoms with van der Waals surface area (Å²) in [4.78, 5) is 0. The molecule has 0 aromatic heterocycles. The lowest BCUT2D eigenvalue weighted by molar-refractivity contribution is 0.470. The van der Waals surface area contributed by atoms with Crippen molar-refractivity contribution in [1.29, 1.82) is 0 Å². The van der Waals surface area contributed by atoms with Gasteiger partial charge in [0.15, 0.2) is 0 Å². The first kappa shape index (κ1) is 11.5. The van der Waals surface area contributed by atoms with Crippen LogP contribution in [0.2, 0.25) is 0 Å². The fraction of sp³-hybridized carbons (Fsp3) is 0.200. The smallest absolute Gasteiger partial charge is 0.123 e. The maximum Gasteiger partial charge on any atom is 0.123 e. The number of hydrogen-bond donors (Lipinski definition) is 2. The van der Waals surface area contributed by atoms with Crippen LogP contribution < -0.4 is 0 Å². The number of aryl methyl sites for hydroxylation is 3. The standard InChI is InChI=1S/C15H16O2/c1-9-4-5-12(15(17)6-9)13-8-14(16)11(3)7-10(13)2/h4-8,16-17H,1-3H3. The largest absolute Gasteiger partial charge is 0.508 e. The number of phenols is 2. The molecule has 0 spiro atoms. The van der Waals surface area contributed by atoms with Crippen LogP contribution in [0.5, 0.6) is 11.5 Å². The van der Waals surface area contributed by atoms with Gasteiger partial charge in [-0.05, 0) is 55.2 Å². The summed E-state index contributed by atoms with van der Waals surface area (Å²) in [5, 5.41) is 19.7. The van der Waals surface area contributed by atoms with Crippen molar-refractivity contribution >= 4 is 0 Å². The van der Waals surface area contributed by atoms with Crippen molar-refractivity contribution in [3.8, 4) is 22.6 Å². The van der Waals surface area contributed by atoms with E-state index in [9.17, 15) is 10.2 Å². The molecule has 0 aliphatic heterocycles. The average Bonchev–Trinajstić information content (AvgIpc) is 2.24. The molecular weight excluding hydrogens is 212 g/mol. The number of aromatic hydroxyl groups is 2. The van der Waals surface area contributed by atoms with Crippen LogP contribution >= 0.6 is 0 Å². The van der Waals surface area contributed by atoms with Crippen molar-refractivity contribution in [1.82, 2.24) is 0 Å². The molecule has 0 aliphatic rings. The molecule has 2 nitrogen and oxygen atoms in total. The van der Waals surface area contributed by atoms with Crippen molar-refractivity contribution in [2.24, 2.45) is 0 Å². The molecule has 0 heterocycles. The van der Waals surface area contributed by atoms with Gasteiger partial charge in [-0.1, -0.05) is 18.2 Å². The van der Waals surface area contributed by atoms with Gasteiger partial charge in [-0.2, -0.15) is 0 Å². The van der Waals surface area contributed by atoms with Crippen LogP contribution in [-0.4, -0.2) is 10.2 Å². The van der Waals surface area contributed by atoms with Crippen molar-refractivity contribution in [3.05, 3.63) is 47.0 Å². The predicted molar refractivity (Wildman–Crippen MR) is 69.4 cm³/mol. The van der Waals surface area contributed by atoms with Gasteiger partial charge < -0.3 is 10.2 Å². The van der Waals surface area contributed by atoms with E-state index in [0.717, 1.165) is 27.8 Å². The van der Waals surface area contributed by atoms with Gasteiger partial charge in [0, 0.05) is 5.56 Å². The highest BCUT2D eigenvalue weighted by Gasteiger charge is 2.09. The van der Waals surface area contributed by atoms with Crippen molar-refractivity contribution in [2.45, 2.75) is 20.8 Å². The summed E-state index contributed by atoms with van der Waals surface area (Å²) in [5.74, 6) is 0.502. The molecule has 88 valence electrons. The van der Waals surface area contributed by atoms with Crippen LogP contribution in [0.25, 0.3) is 11.1 Å². The number of rotatable bonds is 1. The zero-order valence-electron chi connectivity index (χ0n) is 10.3. The lowest BCUT2D eigenvalue weighted by Crippen LogP contribution is -1.87. The highest BCUT2D eigenvalue weighted by atomic mass is 16.3. The van der Waals surface area contributed by atoms with E-state index >= 15 is 0 Å². The molecule has 2 rings (SSSR count). The van der Waals surface area contributed by atoms with Crippen LogP contribution in [0.3, 0.4) is 0 Å². The third-order valence-corrected chi connectivity index (χ3v) is 2.99. The maximum atomic E-state index is 9.95. The van der Waals surface area contributed by atoms with Crippen molar-refractivity contribution in [2.75, 3.05) is 0 Å². The van der Waals surface area contributed by atoms with Crippen molar-refractivity contribution < 1.29 is 10.2 Å². The average molecular weight is 228 g/mol. The zero-order chi connectivity index (χ0) is 12.6. The quantitative estimate of drug-likeness (QED) is 0.781. The topological polar surface area (TPSA) is 40.5 Å². The molecule has 2 heteroatoms. The molecule has 0 aliphatic carbocycles. The Balaban J connectivity index is 2.64. The summed E-state index contributed by atoms with van der Waals surface area (Å²) in [7, 11) is 0. The molecule has 0 atom stereocenters. The Labute approximate surface area is 101 Å². The molecule has 17 heavy (non-hydrogen) atoms. The summed E-state index contributed by atoms with van der Waals surface area (Å²) in [6.45, 7) is 5.77. The van der Waals surface area contributed by atoms with Gasteiger partial charge in [-0.15, -0.1) is 0 Å². The fourth-order valence-corrected chi connectivity index (χ4v) is 2.00. The Morgan fingerprint density at radius 1 is 0.706 bits per heavy atom. The summed E-state index contributed by atoms with van der Waals surface area (Å²) in [5.41, 5.74) is 4.52. The normalized spacial score (nSPS) is 10.5. The molecule has 0 radical (unpaired) electrons. The second-order valence-corrected chi connectivity index (χ2v) is 4.47. The molecule has 0 bridgehead atoms. The van der Waals surface area contributed by atoms with E-state index in [4.69, 9.17) is 0 Å². The zero-order valence-corrected chi connectivity index (χ0v) is 10.3. The predicted octanol–water partition coefficient (Wildman–Crippen LogP) is 3.69. The lowest BCUT2D eigenvalue weighted by atomic mass is 9.96. The number of hydrogen-bond acceptors (Lipinski definition) is 2. The van der Waals surface area contributed by atoms with E-state index in [2.05, 4.69) is 0 Å². The van der Waals surface area contributed by atoms with Gasteiger partial charge in [0.1, 0.15) is 11.5 Å². The Kier molecular flexibility index (Phi) is 2.80. The third kappa shape index (κ3) is 2.11. The van der Waals surface area contributed by atoms with Crippen LogP contribution in [0.4, 0.5) is 0 Å². The van der Waals surface area contributed by atoms with Gasteiger partial charge in [-0.3, -0.25) is 0 Å². The van der Waals surface area contributed by atoms with Crippen molar-refractivity contribution in [3.63, 3.8) is 0 Å². The minimum absolute atomic E-state index is 0.247. The molecule has 2 aromatic carbocycles. The van der Waals surface area contributed by atoms with E-state index in [1.54, 1.807) is 12.1 Å². The van der Waals surface area contributed by atoms with Crippen LogP contribution in [0, 0.1) is 20.8 Å². The first-order valence-corrected chi connectivity index (χ1v) is 5.59. The molecular formula is C15H16O2. The molecule has 0 saturated heterocycles. The van der Waals surface area contributed by atoms with E-state index < -0.39 is 0 Å². The third-order valence-electron chi connectivity index (χ3n) is 2.99. The van der Waals surface area contributed by atoms with Gasteiger partial charge in [0.25, 0.3) is 0 Å². The van der Waals surface area contributed by atoms with Crippen LogP contribution in [0.15, 0.2) is 30.3 Å². The molecule has 0 fully saturated rings. The van der Waals surface area contributed by atoms with Crippen LogP contribution in [0.1, 0.15) is 16.7 Å². The molecule has 0 unspecified atom stereocenters. The highest BCUT2D eigenvalue weighted by Crippen LogP contribution is 2.35. The number of benzene rings is 2. The molecule has 2 aromatic rings. The van der Waals surface area contributed by atoms with Crippen LogP contribution in [-0.2, 0) is 0 Å². The minimum atomic E-state index is 0.247. The Morgan fingerprint density at radius 2 is 1.41 bits per heavy atom. The first-order valence-electron chi connectivity index (χ1n) is 5.59. The molecule has 0 amide bonds. The second-order valence-electron chi connectivity index (χ2n) is 4.47. The minimum Gasteiger partial charge on any atom is -0.508 e. The Hall–Kier alpha value is -1.96. The lowest BCUT2D eigenvalue weighted by Gasteiger charge is -2.11. The van der Waals surface area contributed by atoms with E-state index in [-0.39, 0.29) is 11.5 Å². The molecule has 0 saturated carbocycles. The second kappa shape index (κ2) is 4.13. The molecule has 2 N–H and O–H groups in total. The Bertz CT molecular complexity index is 571. The van der Waals surface area contributed by atoms with E-state index in [1.165, 1.54) is 0 Å². The summed E-state index contributed by atoms with van der Waals surface area (Å²) in [6.07, 6.45) is 0. The maximum absolute atomic E-state index is 9.95. The fourth-order valence-electron chi connectivity index (χ4n) is 2.00. The highest BCUT2D eigenvalue weighted by molar-refractivity contribution is 5.75. The number of phenolic OH excluding ortho intramolecular Hbond substituents is 2. The summed E-state index contributed by atoms with van der Waals surface area (Å²) < 4.78 is 0. The van der Waals surface area contributed by atoms with Gasteiger partial charge in [-0.25, -0.2) is 0 Å².